The summed E-state index contributed by atoms with van der Waals surface area (Å²) in [5.74, 6) is -0.304. The number of hydrogen-bond acceptors (Lipinski definition) is 3. The minimum atomic E-state index is -0.335. The van der Waals surface area contributed by atoms with Gasteiger partial charge in [-0.1, -0.05) is 47.1 Å². The Morgan fingerprint density at radius 1 is 1.12 bits per heavy atom. The molecule has 122 valence electrons. The van der Waals surface area contributed by atoms with Crippen LogP contribution in [0.1, 0.15) is 27.2 Å². The van der Waals surface area contributed by atoms with Gasteiger partial charge in [0.2, 0.25) is 0 Å². The Morgan fingerprint density at radius 2 is 1.88 bits per heavy atom. The zero-order valence-corrected chi connectivity index (χ0v) is 13.5. The number of nitrogens with zero attached hydrogens (tertiary/aromatic N) is 1. The molecule has 0 bridgehead atoms. The van der Waals surface area contributed by atoms with Gasteiger partial charge in [-0.25, -0.2) is 4.39 Å². The quantitative estimate of drug-likeness (QED) is 0.788. The number of nitrogens with one attached hydrogen (secondary N) is 1. The maximum absolute atomic E-state index is 13.6. The summed E-state index contributed by atoms with van der Waals surface area (Å²) in [4.78, 5) is 12.1. The lowest BCUT2D eigenvalue weighted by Crippen LogP contribution is -2.22. The monoisotopic (exact) mass is 324 g/mol. The van der Waals surface area contributed by atoms with E-state index in [0.29, 0.717) is 23.4 Å². The molecule has 0 aliphatic carbocycles. The van der Waals surface area contributed by atoms with Crippen LogP contribution in [0.2, 0.25) is 0 Å². The average molecular weight is 324 g/mol. The summed E-state index contributed by atoms with van der Waals surface area (Å²) in [5, 5.41) is 6.55. The largest absolute Gasteiger partial charge is 0.355 e. The van der Waals surface area contributed by atoms with Crippen molar-refractivity contribution in [3.63, 3.8) is 0 Å². The first kappa shape index (κ1) is 15.9. The molecule has 2 aromatic carbocycles. The van der Waals surface area contributed by atoms with Crippen molar-refractivity contribution in [1.82, 2.24) is 10.5 Å². The Labute approximate surface area is 139 Å². The number of carbonyl (C=O) groups excluding carboxylic acids is 1. The summed E-state index contributed by atoms with van der Waals surface area (Å²) in [5.41, 5.74) is 3.42. The lowest BCUT2D eigenvalue weighted by molar-refractivity contribution is 0.0942. The number of rotatable bonds is 4. The van der Waals surface area contributed by atoms with Crippen LogP contribution in [0.4, 0.5) is 4.39 Å². The maximum atomic E-state index is 13.6. The van der Waals surface area contributed by atoms with Crippen LogP contribution in [0.3, 0.4) is 0 Å². The van der Waals surface area contributed by atoms with E-state index in [1.54, 1.807) is 19.1 Å². The van der Waals surface area contributed by atoms with E-state index in [1.165, 1.54) is 12.1 Å². The third kappa shape index (κ3) is 3.51. The summed E-state index contributed by atoms with van der Waals surface area (Å²) in [6.45, 7) is 4.09. The first-order chi connectivity index (χ1) is 11.5. The molecule has 1 N–H and O–H groups in total. The molecule has 0 unspecified atom stereocenters. The van der Waals surface area contributed by atoms with E-state index in [2.05, 4.69) is 10.5 Å². The van der Waals surface area contributed by atoms with Crippen LogP contribution in [-0.4, -0.2) is 11.1 Å². The van der Waals surface area contributed by atoms with E-state index in [4.69, 9.17) is 4.52 Å². The first-order valence-corrected chi connectivity index (χ1v) is 7.60. The lowest BCUT2D eigenvalue weighted by atomic mass is 10.1. The minimum absolute atomic E-state index is 0.165. The fraction of sp³-hybridized carbons (Fsp3) is 0.158. The zero-order chi connectivity index (χ0) is 17.1. The predicted octanol–water partition coefficient (Wildman–Crippen LogP) is 4.03. The minimum Gasteiger partial charge on any atom is -0.355 e. The smallest absolute Gasteiger partial charge is 0.273 e. The summed E-state index contributed by atoms with van der Waals surface area (Å²) < 4.78 is 18.8. The van der Waals surface area contributed by atoms with Gasteiger partial charge < -0.3 is 9.84 Å². The van der Waals surface area contributed by atoms with Crippen molar-refractivity contribution < 1.29 is 13.7 Å². The van der Waals surface area contributed by atoms with Crippen molar-refractivity contribution in [2.45, 2.75) is 20.4 Å². The van der Waals surface area contributed by atoms with Crippen LogP contribution in [0.25, 0.3) is 11.3 Å². The van der Waals surface area contributed by atoms with Gasteiger partial charge in [0.25, 0.3) is 5.91 Å². The molecular formula is C19H17FN2O2. The van der Waals surface area contributed by atoms with Crippen LogP contribution < -0.4 is 5.32 Å². The normalized spacial score (nSPS) is 10.6. The highest BCUT2D eigenvalue weighted by Gasteiger charge is 2.14. The highest BCUT2D eigenvalue weighted by atomic mass is 19.1. The van der Waals surface area contributed by atoms with E-state index in [-0.39, 0.29) is 17.4 Å². The molecule has 1 amide bonds. The van der Waals surface area contributed by atoms with Crippen molar-refractivity contribution >= 4 is 5.91 Å². The molecule has 4 nitrogen and oxygen atoms in total. The number of benzene rings is 2. The fourth-order valence-corrected chi connectivity index (χ4v) is 2.24. The van der Waals surface area contributed by atoms with Crippen molar-refractivity contribution in [3.8, 4) is 11.3 Å². The Morgan fingerprint density at radius 3 is 2.58 bits per heavy atom. The molecule has 0 aliphatic heterocycles. The Balaban J connectivity index is 1.69. The van der Waals surface area contributed by atoms with Crippen LogP contribution >= 0.6 is 0 Å². The Kier molecular flexibility index (Phi) is 4.42. The molecule has 0 atom stereocenters. The molecule has 0 radical (unpaired) electrons. The second-order valence-electron chi connectivity index (χ2n) is 5.71. The molecule has 1 heterocycles. The van der Waals surface area contributed by atoms with E-state index >= 15 is 0 Å². The first-order valence-electron chi connectivity index (χ1n) is 7.60. The number of halogens is 1. The molecule has 5 heteroatoms. The molecule has 1 aromatic heterocycles. The van der Waals surface area contributed by atoms with Gasteiger partial charge in [0.15, 0.2) is 11.5 Å². The molecule has 3 aromatic rings. The van der Waals surface area contributed by atoms with Gasteiger partial charge in [-0.3, -0.25) is 4.79 Å². The van der Waals surface area contributed by atoms with E-state index in [0.717, 1.165) is 11.1 Å². The standard InChI is InChI=1S/C19H17FN2O2/c1-12-3-6-14(7-4-12)11-21-19(23)17-10-18(24-22-17)15-8-5-13(2)16(20)9-15/h3-10H,11H2,1-2H3,(H,21,23). The second-order valence-corrected chi connectivity index (χ2v) is 5.71. The molecule has 0 saturated carbocycles. The van der Waals surface area contributed by atoms with Gasteiger partial charge in [-0.15, -0.1) is 0 Å². The average Bonchev–Trinajstić information content (AvgIpc) is 3.07. The highest BCUT2D eigenvalue weighted by molar-refractivity contribution is 5.93. The fourth-order valence-electron chi connectivity index (χ4n) is 2.24. The Bertz CT molecular complexity index is 869. The van der Waals surface area contributed by atoms with Crippen molar-refractivity contribution in [3.05, 3.63) is 76.7 Å². The lowest BCUT2D eigenvalue weighted by Gasteiger charge is -2.03. The van der Waals surface area contributed by atoms with Gasteiger partial charge in [0.1, 0.15) is 5.82 Å². The predicted molar refractivity (Wildman–Crippen MR) is 89.0 cm³/mol. The van der Waals surface area contributed by atoms with Crippen LogP contribution in [0.15, 0.2) is 53.1 Å². The number of hydrogen-bond donors (Lipinski definition) is 1. The van der Waals surface area contributed by atoms with Crippen LogP contribution in [0.5, 0.6) is 0 Å². The number of aromatic nitrogens is 1. The second kappa shape index (κ2) is 6.66. The highest BCUT2D eigenvalue weighted by Crippen LogP contribution is 2.22. The Hall–Kier alpha value is -2.95. The third-order valence-corrected chi connectivity index (χ3v) is 3.77. The molecule has 0 fully saturated rings. The van der Waals surface area contributed by atoms with Gasteiger partial charge in [0, 0.05) is 18.2 Å². The van der Waals surface area contributed by atoms with E-state index in [1.807, 2.05) is 31.2 Å². The third-order valence-electron chi connectivity index (χ3n) is 3.77. The molecule has 24 heavy (non-hydrogen) atoms. The SMILES string of the molecule is Cc1ccc(CNC(=O)c2cc(-c3ccc(C)c(F)c3)on2)cc1. The molecular weight excluding hydrogens is 307 g/mol. The zero-order valence-electron chi connectivity index (χ0n) is 13.5. The van der Waals surface area contributed by atoms with Gasteiger partial charge in [-0.2, -0.15) is 0 Å². The number of aryl methyl sites for hydroxylation is 2. The molecule has 0 spiro atoms. The van der Waals surface area contributed by atoms with Crippen molar-refractivity contribution in [2.75, 3.05) is 0 Å². The summed E-state index contributed by atoms with van der Waals surface area (Å²) in [7, 11) is 0. The summed E-state index contributed by atoms with van der Waals surface area (Å²) in [6.07, 6.45) is 0. The van der Waals surface area contributed by atoms with E-state index < -0.39 is 0 Å². The van der Waals surface area contributed by atoms with Gasteiger partial charge in [-0.05, 0) is 31.0 Å². The molecule has 3 rings (SSSR count). The van der Waals surface area contributed by atoms with E-state index in [9.17, 15) is 9.18 Å². The summed E-state index contributed by atoms with van der Waals surface area (Å²) in [6, 6.07) is 14.1. The van der Waals surface area contributed by atoms with Crippen molar-refractivity contribution in [2.24, 2.45) is 0 Å². The van der Waals surface area contributed by atoms with Gasteiger partial charge in [0.05, 0.1) is 0 Å². The molecule has 0 saturated heterocycles. The van der Waals surface area contributed by atoms with Crippen molar-refractivity contribution in [1.29, 1.82) is 0 Å². The maximum Gasteiger partial charge on any atom is 0.273 e. The number of carbonyl (C=O) groups is 1. The van der Waals surface area contributed by atoms with Crippen LogP contribution in [0, 0.1) is 19.7 Å². The molecule has 0 aliphatic rings. The van der Waals surface area contributed by atoms with Crippen LogP contribution in [-0.2, 0) is 6.54 Å². The van der Waals surface area contributed by atoms with Gasteiger partial charge >= 0.3 is 0 Å². The number of amides is 1. The topological polar surface area (TPSA) is 55.1 Å². The summed E-state index contributed by atoms with van der Waals surface area (Å²) >= 11 is 0.